The predicted octanol–water partition coefficient (Wildman–Crippen LogP) is 2.35. The van der Waals surface area contributed by atoms with Gasteiger partial charge in [-0.15, -0.1) is 11.3 Å². The normalized spacial score (nSPS) is 16.0. The minimum atomic E-state index is 0.0795. The van der Waals surface area contributed by atoms with Gasteiger partial charge >= 0.3 is 0 Å². The lowest BCUT2D eigenvalue weighted by molar-refractivity contribution is 0.0698. The van der Waals surface area contributed by atoms with E-state index in [1.54, 1.807) is 0 Å². The number of nitrogens with zero attached hydrogens (tertiary/aromatic N) is 1. The van der Waals surface area contributed by atoms with Gasteiger partial charge in [0, 0.05) is 24.9 Å². The first-order chi connectivity index (χ1) is 9.20. The molecule has 1 aliphatic rings. The SMILES string of the molecule is CC1CCN(C(=O)c2csc(C#CCCO)c2)CC1. The van der Waals surface area contributed by atoms with Crippen LogP contribution in [0.5, 0.6) is 0 Å². The zero-order valence-corrected chi connectivity index (χ0v) is 12.0. The lowest BCUT2D eigenvalue weighted by atomic mass is 9.99. The van der Waals surface area contributed by atoms with Gasteiger partial charge < -0.3 is 10.0 Å². The van der Waals surface area contributed by atoms with E-state index in [0.29, 0.717) is 6.42 Å². The smallest absolute Gasteiger partial charge is 0.254 e. The Balaban J connectivity index is 1.98. The monoisotopic (exact) mass is 277 g/mol. The van der Waals surface area contributed by atoms with Gasteiger partial charge in [-0.2, -0.15) is 0 Å². The summed E-state index contributed by atoms with van der Waals surface area (Å²) in [6.45, 7) is 4.04. The summed E-state index contributed by atoms with van der Waals surface area (Å²) in [5, 5.41) is 10.5. The molecule has 2 heterocycles. The zero-order valence-electron chi connectivity index (χ0n) is 11.2. The van der Waals surface area contributed by atoms with Crippen LogP contribution >= 0.6 is 11.3 Å². The molecule has 0 unspecified atom stereocenters. The van der Waals surface area contributed by atoms with Crippen LogP contribution in [-0.4, -0.2) is 35.6 Å². The molecule has 0 radical (unpaired) electrons. The molecule has 0 aromatic carbocycles. The third-order valence-corrected chi connectivity index (χ3v) is 4.21. The molecule has 19 heavy (non-hydrogen) atoms. The summed E-state index contributed by atoms with van der Waals surface area (Å²) in [4.78, 5) is 15.1. The molecule has 0 bridgehead atoms. The van der Waals surface area contributed by atoms with Gasteiger partial charge in [0.1, 0.15) is 0 Å². The van der Waals surface area contributed by atoms with Crippen LogP contribution in [0.3, 0.4) is 0 Å². The number of aliphatic hydroxyl groups excluding tert-OH is 1. The first-order valence-electron chi connectivity index (χ1n) is 6.68. The highest BCUT2D eigenvalue weighted by molar-refractivity contribution is 7.10. The van der Waals surface area contributed by atoms with Crippen molar-refractivity contribution in [1.82, 2.24) is 4.90 Å². The molecule has 1 aliphatic heterocycles. The van der Waals surface area contributed by atoms with Crippen molar-refractivity contribution >= 4 is 17.2 Å². The minimum Gasteiger partial charge on any atom is -0.395 e. The summed E-state index contributed by atoms with van der Waals surface area (Å²) < 4.78 is 0. The van der Waals surface area contributed by atoms with Gasteiger partial charge in [0.25, 0.3) is 5.91 Å². The maximum absolute atomic E-state index is 12.3. The number of amides is 1. The van der Waals surface area contributed by atoms with Crippen molar-refractivity contribution < 1.29 is 9.90 Å². The van der Waals surface area contributed by atoms with Gasteiger partial charge in [0.15, 0.2) is 0 Å². The van der Waals surface area contributed by atoms with E-state index in [9.17, 15) is 4.79 Å². The largest absolute Gasteiger partial charge is 0.395 e. The van der Waals surface area contributed by atoms with Crippen LogP contribution in [0.4, 0.5) is 0 Å². The van der Waals surface area contributed by atoms with E-state index in [4.69, 9.17) is 5.11 Å². The first kappa shape index (κ1) is 14.1. The highest BCUT2D eigenvalue weighted by Crippen LogP contribution is 2.20. The number of piperidine rings is 1. The van der Waals surface area contributed by atoms with Gasteiger partial charge in [0.2, 0.25) is 0 Å². The molecule has 4 heteroatoms. The first-order valence-corrected chi connectivity index (χ1v) is 7.56. The molecule has 0 saturated carbocycles. The molecule has 1 amide bonds. The molecule has 0 spiro atoms. The Morgan fingerprint density at radius 3 is 2.95 bits per heavy atom. The highest BCUT2D eigenvalue weighted by atomic mass is 32.1. The van der Waals surface area contributed by atoms with Crippen LogP contribution in [-0.2, 0) is 0 Å². The molecule has 2 rings (SSSR count). The number of carbonyl (C=O) groups excluding carboxylic acids is 1. The Morgan fingerprint density at radius 2 is 2.26 bits per heavy atom. The molecule has 0 aliphatic carbocycles. The average Bonchev–Trinajstić information content (AvgIpc) is 2.88. The van der Waals surface area contributed by atoms with Gasteiger partial charge in [-0.3, -0.25) is 4.79 Å². The fourth-order valence-electron chi connectivity index (χ4n) is 2.11. The maximum atomic E-state index is 12.3. The fourth-order valence-corrected chi connectivity index (χ4v) is 2.86. The Morgan fingerprint density at radius 1 is 1.53 bits per heavy atom. The van der Waals surface area contributed by atoms with Gasteiger partial charge in [0.05, 0.1) is 17.0 Å². The van der Waals surface area contributed by atoms with Gasteiger partial charge in [-0.1, -0.05) is 18.8 Å². The molecule has 3 nitrogen and oxygen atoms in total. The van der Waals surface area contributed by atoms with Crippen molar-refractivity contribution in [3.8, 4) is 11.8 Å². The standard InChI is InChI=1S/C15H19NO2S/c1-12-5-7-16(8-6-12)15(18)13-10-14(19-11-13)4-2-3-9-17/h10-12,17H,3,5-9H2,1H3. The fraction of sp³-hybridized carbons (Fsp3) is 0.533. The van der Waals surface area contributed by atoms with E-state index in [2.05, 4.69) is 18.8 Å². The Bertz CT molecular complexity index is 490. The van der Waals surface area contributed by atoms with Crippen LogP contribution in [0.2, 0.25) is 0 Å². The van der Waals surface area contributed by atoms with Gasteiger partial charge in [-0.05, 0) is 24.8 Å². The molecule has 1 N–H and O–H groups in total. The molecule has 0 atom stereocenters. The summed E-state index contributed by atoms with van der Waals surface area (Å²) in [5.41, 5.74) is 0.743. The third-order valence-electron chi connectivity index (χ3n) is 3.37. The van der Waals surface area contributed by atoms with Crippen LogP contribution in [0.1, 0.15) is 41.4 Å². The number of carbonyl (C=O) groups is 1. The van der Waals surface area contributed by atoms with E-state index >= 15 is 0 Å². The van der Waals surface area contributed by atoms with Crippen LogP contribution in [0.25, 0.3) is 0 Å². The number of likely N-dealkylation sites (tertiary alicyclic amines) is 1. The van der Waals surface area contributed by atoms with Crippen LogP contribution in [0, 0.1) is 17.8 Å². The summed E-state index contributed by atoms with van der Waals surface area (Å²) in [7, 11) is 0. The Labute approximate surface area is 118 Å². The highest BCUT2D eigenvalue weighted by Gasteiger charge is 2.21. The molecule has 1 fully saturated rings. The Kier molecular flexibility index (Phi) is 5.00. The summed E-state index contributed by atoms with van der Waals surface area (Å²) in [5.74, 6) is 6.69. The van der Waals surface area contributed by atoms with Gasteiger partial charge in [-0.25, -0.2) is 0 Å². The number of thiophene rings is 1. The van der Waals surface area contributed by atoms with Crippen molar-refractivity contribution in [1.29, 1.82) is 0 Å². The van der Waals surface area contributed by atoms with Crippen molar-refractivity contribution in [2.45, 2.75) is 26.2 Å². The molecular formula is C15H19NO2S. The number of hydrogen-bond donors (Lipinski definition) is 1. The zero-order chi connectivity index (χ0) is 13.7. The van der Waals surface area contributed by atoms with Crippen molar-refractivity contribution in [2.24, 2.45) is 5.92 Å². The number of rotatable bonds is 2. The quantitative estimate of drug-likeness (QED) is 0.843. The van der Waals surface area contributed by atoms with Crippen molar-refractivity contribution in [2.75, 3.05) is 19.7 Å². The second kappa shape index (κ2) is 6.74. The van der Waals surface area contributed by atoms with Crippen LogP contribution in [0.15, 0.2) is 11.4 Å². The van der Waals surface area contributed by atoms with Crippen molar-refractivity contribution in [3.63, 3.8) is 0 Å². The van der Waals surface area contributed by atoms with Crippen molar-refractivity contribution in [3.05, 3.63) is 21.9 Å². The molecular weight excluding hydrogens is 258 g/mol. The second-order valence-electron chi connectivity index (χ2n) is 4.95. The van der Waals surface area contributed by atoms with E-state index in [-0.39, 0.29) is 12.5 Å². The van der Waals surface area contributed by atoms with E-state index in [1.165, 1.54) is 11.3 Å². The molecule has 102 valence electrons. The Hall–Kier alpha value is -1.31. The summed E-state index contributed by atoms with van der Waals surface area (Å²) in [6, 6.07) is 1.86. The second-order valence-corrected chi connectivity index (χ2v) is 5.86. The summed E-state index contributed by atoms with van der Waals surface area (Å²) in [6.07, 6.45) is 2.67. The third kappa shape index (κ3) is 3.82. The lowest BCUT2D eigenvalue weighted by Gasteiger charge is -2.30. The van der Waals surface area contributed by atoms with Crippen LogP contribution < -0.4 is 0 Å². The minimum absolute atomic E-state index is 0.0795. The summed E-state index contributed by atoms with van der Waals surface area (Å²) >= 11 is 1.49. The molecule has 1 saturated heterocycles. The predicted molar refractivity (Wildman–Crippen MR) is 77.2 cm³/mol. The topological polar surface area (TPSA) is 40.5 Å². The number of hydrogen-bond acceptors (Lipinski definition) is 3. The molecule has 1 aromatic rings. The average molecular weight is 277 g/mol. The van der Waals surface area contributed by atoms with E-state index in [1.807, 2.05) is 16.3 Å². The maximum Gasteiger partial charge on any atom is 0.254 e. The lowest BCUT2D eigenvalue weighted by Crippen LogP contribution is -2.37. The number of aliphatic hydroxyl groups is 1. The molecule has 1 aromatic heterocycles. The van der Waals surface area contributed by atoms with E-state index < -0.39 is 0 Å². The van der Waals surface area contributed by atoms with E-state index in [0.717, 1.165) is 42.3 Å².